The number of aromatic nitrogens is 1. The Balaban J connectivity index is 1.53. The van der Waals surface area contributed by atoms with Crippen LogP contribution in [0.3, 0.4) is 0 Å². The molecule has 1 amide bonds. The first-order valence-corrected chi connectivity index (χ1v) is 12.9. The van der Waals surface area contributed by atoms with E-state index in [-0.39, 0.29) is 5.91 Å². The Bertz CT molecular complexity index is 1230. The Labute approximate surface area is 195 Å². The molecule has 1 fully saturated rings. The molecule has 1 atom stereocenters. The zero-order chi connectivity index (χ0) is 23.4. The molecule has 1 aromatic heterocycles. The molecular formula is C25H31N3O4S. The molecule has 176 valence electrons. The topological polar surface area (TPSA) is 80.6 Å². The predicted octanol–water partition coefficient (Wildman–Crippen LogP) is 4.09. The van der Waals surface area contributed by atoms with Crippen molar-refractivity contribution in [1.82, 2.24) is 14.2 Å². The van der Waals surface area contributed by atoms with Gasteiger partial charge in [-0.25, -0.2) is 8.42 Å². The van der Waals surface area contributed by atoms with Gasteiger partial charge in [-0.15, -0.1) is 0 Å². The molecule has 4 rings (SSSR count). The first kappa shape index (κ1) is 23.3. The Morgan fingerprint density at radius 1 is 1.09 bits per heavy atom. The van der Waals surface area contributed by atoms with Crippen molar-refractivity contribution in [3.05, 3.63) is 60.3 Å². The molecule has 0 radical (unpaired) electrons. The highest BCUT2D eigenvalue weighted by atomic mass is 32.2. The van der Waals surface area contributed by atoms with Gasteiger partial charge in [0.05, 0.1) is 12.0 Å². The molecule has 0 unspecified atom stereocenters. The minimum atomic E-state index is -3.50. The summed E-state index contributed by atoms with van der Waals surface area (Å²) < 4.78 is 34.8. The molecule has 33 heavy (non-hydrogen) atoms. The van der Waals surface area contributed by atoms with E-state index in [1.165, 1.54) is 0 Å². The summed E-state index contributed by atoms with van der Waals surface area (Å²) in [6, 6.07) is 14.3. The van der Waals surface area contributed by atoms with Crippen LogP contribution in [0.15, 0.2) is 59.6 Å². The van der Waals surface area contributed by atoms with Crippen LogP contribution in [0.1, 0.15) is 44.2 Å². The van der Waals surface area contributed by atoms with Crippen molar-refractivity contribution in [1.29, 1.82) is 0 Å². The van der Waals surface area contributed by atoms with E-state index >= 15 is 0 Å². The van der Waals surface area contributed by atoms with E-state index in [0.29, 0.717) is 31.0 Å². The molecule has 7 nitrogen and oxygen atoms in total. The van der Waals surface area contributed by atoms with Crippen molar-refractivity contribution < 1.29 is 17.9 Å². The second-order valence-corrected chi connectivity index (χ2v) is 10.3. The van der Waals surface area contributed by atoms with Crippen LogP contribution in [0.5, 0.6) is 5.75 Å². The number of piperidine rings is 1. The SMILES string of the molecule is CC[C@@H](C(=O)NCc1cccc(OC)c1)n1ccc2cc(S(=O)(=O)N3CCCCC3)ccc21. The van der Waals surface area contributed by atoms with Gasteiger partial charge in [0.25, 0.3) is 0 Å². The van der Waals surface area contributed by atoms with E-state index in [9.17, 15) is 13.2 Å². The van der Waals surface area contributed by atoms with Crippen molar-refractivity contribution in [2.24, 2.45) is 0 Å². The number of hydrogen-bond acceptors (Lipinski definition) is 4. The summed E-state index contributed by atoms with van der Waals surface area (Å²) in [6.07, 6.45) is 5.36. The number of carbonyl (C=O) groups is 1. The molecule has 2 heterocycles. The molecule has 2 aromatic carbocycles. The summed E-state index contributed by atoms with van der Waals surface area (Å²) in [6.45, 7) is 3.53. The molecule has 1 aliphatic heterocycles. The van der Waals surface area contributed by atoms with E-state index in [1.807, 2.05) is 54.1 Å². The van der Waals surface area contributed by atoms with Crippen molar-refractivity contribution in [2.45, 2.75) is 50.1 Å². The summed E-state index contributed by atoms with van der Waals surface area (Å²) in [4.78, 5) is 13.3. The maximum absolute atomic E-state index is 13.0. The molecule has 1 aliphatic rings. The third kappa shape index (κ3) is 4.91. The maximum Gasteiger partial charge on any atom is 0.243 e. The lowest BCUT2D eigenvalue weighted by atomic mass is 10.1. The number of sulfonamides is 1. The maximum atomic E-state index is 13.0. The van der Waals surface area contributed by atoms with Crippen LogP contribution in [0.25, 0.3) is 10.9 Å². The molecule has 3 aromatic rings. The van der Waals surface area contributed by atoms with Gasteiger partial charge in [-0.05, 0) is 61.2 Å². The quantitative estimate of drug-likeness (QED) is 0.539. The van der Waals surface area contributed by atoms with Gasteiger partial charge in [0, 0.05) is 36.7 Å². The van der Waals surface area contributed by atoms with Gasteiger partial charge < -0.3 is 14.6 Å². The van der Waals surface area contributed by atoms with E-state index in [2.05, 4.69) is 5.32 Å². The third-order valence-electron chi connectivity index (χ3n) is 6.27. The fraction of sp³-hybridized carbons (Fsp3) is 0.400. The van der Waals surface area contributed by atoms with Crippen LogP contribution >= 0.6 is 0 Å². The second-order valence-electron chi connectivity index (χ2n) is 8.40. The molecule has 1 saturated heterocycles. The van der Waals surface area contributed by atoms with Gasteiger partial charge in [-0.1, -0.05) is 25.5 Å². The summed E-state index contributed by atoms with van der Waals surface area (Å²) in [5.41, 5.74) is 1.80. The predicted molar refractivity (Wildman–Crippen MR) is 129 cm³/mol. The second kappa shape index (κ2) is 9.97. The van der Waals surface area contributed by atoms with Gasteiger partial charge in [0.15, 0.2) is 0 Å². The zero-order valence-corrected chi connectivity index (χ0v) is 20.0. The van der Waals surface area contributed by atoms with Crippen molar-refractivity contribution in [3.63, 3.8) is 0 Å². The monoisotopic (exact) mass is 469 g/mol. The first-order chi connectivity index (χ1) is 15.9. The highest BCUT2D eigenvalue weighted by Gasteiger charge is 2.27. The molecular weight excluding hydrogens is 438 g/mol. The largest absolute Gasteiger partial charge is 0.497 e. The molecule has 8 heteroatoms. The Morgan fingerprint density at radius 2 is 1.88 bits per heavy atom. The number of benzene rings is 2. The summed E-state index contributed by atoms with van der Waals surface area (Å²) >= 11 is 0. The van der Waals surface area contributed by atoms with Gasteiger partial charge >= 0.3 is 0 Å². The van der Waals surface area contributed by atoms with E-state index in [1.54, 1.807) is 23.5 Å². The molecule has 0 aliphatic carbocycles. The number of amides is 1. The minimum absolute atomic E-state index is 0.0807. The van der Waals surface area contributed by atoms with Crippen LogP contribution < -0.4 is 10.1 Å². The Morgan fingerprint density at radius 3 is 2.61 bits per heavy atom. The first-order valence-electron chi connectivity index (χ1n) is 11.5. The van der Waals surface area contributed by atoms with Crippen LogP contribution in [0.4, 0.5) is 0 Å². The Hall–Kier alpha value is -2.84. The van der Waals surface area contributed by atoms with E-state index in [4.69, 9.17) is 4.74 Å². The van der Waals surface area contributed by atoms with Crippen LogP contribution in [-0.2, 0) is 21.4 Å². The zero-order valence-electron chi connectivity index (χ0n) is 19.2. The molecule has 1 N–H and O–H groups in total. The Kier molecular flexibility index (Phi) is 7.05. The fourth-order valence-corrected chi connectivity index (χ4v) is 5.98. The van der Waals surface area contributed by atoms with Gasteiger partial charge in [0.2, 0.25) is 15.9 Å². The number of methoxy groups -OCH3 is 1. The van der Waals surface area contributed by atoms with Crippen molar-refractivity contribution >= 4 is 26.8 Å². The average molecular weight is 470 g/mol. The smallest absolute Gasteiger partial charge is 0.243 e. The van der Waals surface area contributed by atoms with Gasteiger partial charge in [-0.2, -0.15) is 4.31 Å². The molecule has 0 bridgehead atoms. The number of carbonyl (C=O) groups excluding carboxylic acids is 1. The summed E-state index contributed by atoms with van der Waals surface area (Å²) in [5, 5.41) is 3.83. The number of hydrogen-bond donors (Lipinski definition) is 1. The van der Waals surface area contributed by atoms with Gasteiger partial charge in [0.1, 0.15) is 11.8 Å². The van der Waals surface area contributed by atoms with Crippen LogP contribution in [-0.4, -0.2) is 43.4 Å². The molecule has 0 spiro atoms. The normalized spacial score (nSPS) is 15.9. The summed E-state index contributed by atoms with van der Waals surface area (Å²) in [5.74, 6) is 0.670. The average Bonchev–Trinajstić information content (AvgIpc) is 3.27. The highest BCUT2D eigenvalue weighted by Crippen LogP contribution is 2.27. The third-order valence-corrected chi connectivity index (χ3v) is 8.17. The van der Waals surface area contributed by atoms with Crippen molar-refractivity contribution in [3.8, 4) is 5.75 Å². The van der Waals surface area contributed by atoms with E-state index in [0.717, 1.165) is 41.5 Å². The molecule has 0 saturated carbocycles. The number of ether oxygens (including phenoxy) is 1. The lowest BCUT2D eigenvalue weighted by Gasteiger charge is -2.26. The fourth-order valence-electron chi connectivity index (χ4n) is 4.43. The highest BCUT2D eigenvalue weighted by molar-refractivity contribution is 7.89. The van der Waals surface area contributed by atoms with E-state index < -0.39 is 16.1 Å². The summed E-state index contributed by atoms with van der Waals surface area (Å²) in [7, 11) is -1.88. The van der Waals surface area contributed by atoms with Crippen LogP contribution in [0.2, 0.25) is 0 Å². The van der Waals surface area contributed by atoms with Crippen molar-refractivity contribution in [2.75, 3.05) is 20.2 Å². The standard InChI is InChI=1S/C25H31N3O4S/c1-3-23(25(29)26-18-19-8-7-9-21(16-19)32-2)28-15-12-20-17-22(10-11-24(20)28)33(30,31)27-13-5-4-6-14-27/h7-12,15-17,23H,3-6,13-14,18H2,1-2H3,(H,26,29)/t23-/m0/s1. The number of rotatable bonds is 8. The lowest BCUT2D eigenvalue weighted by Crippen LogP contribution is -2.35. The number of nitrogens with zero attached hydrogens (tertiary/aromatic N) is 2. The number of nitrogens with one attached hydrogen (secondary N) is 1. The van der Waals surface area contributed by atoms with Crippen LogP contribution in [0, 0.1) is 0 Å². The lowest BCUT2D eigenvalue weighted by molar-refractivity contribution is -0.124. The minimum Gasteiger partial charge on any atom is -0.497 e. The number of fused-ring (bicyclic) bond motifs is 1. The van der Waals surface area contributed by atoms with Gasteiger partial charge in [-0.3, -0.25) is 4.79 Å².